The number of aliphatic imine (C=N–C) groups is 1. The molecule has 2 aromatic carbocycles. The molecule has 0 unspecified atom stereocenters. The molecule has 2 rings (SSSR count). The van der Waals surface area contributed by atoms with E-state index >= 15 is 0 Å². The van der Waals surface area contributed by atoms with Gasteiger partial charge in [-0.15, -0.1) is 11.8 Å². The maximum absolute atomic E-state index is 11.8. The highest BCUT2D eigenvalue weighted by molar-refractivity contribution is 7.98. The molecule has 0 fully saturated rings. The molecule has 0 aliphatic rings. The molecule has 0 heterocycles. The summed E-state index contributed by atoms with van der Waals surface area (Å²) >= 11 is 1.75. The van der Waals surface area contributed by atoms with E-state index < -0.39 is 0 Å². The van der Waals surface area contributed by atoms with Crippen LogP contribution in [0.4, 0.5) is 10.5 Å². The van der Waals surface area contributed by atoms with E-state index in [4.69, 9.17) is 0 Å². The lowest BCUT2D eigenvalue weighted by Gasteiger charge is -2.14. The Kier molecular flexibility index (Phi) is 8.86. The van der Waals surface area contributed by atoms with Crippen LogP contribution in [0.5, 0.6) is 0 Å². The summed E-state index contributed by atoms with van der Waals surface area (Å²) in [7, 11) is 1.76. The van der Waals surface area contributed by atoms with Gasteiger partial charge in [-0.3, -0.25) is 4.99 Å². The number of thioether (sulfide) groups is 1. The smallest absolute Gasteiger partial charge is 0.319 e. The molecule has 0 bridgehead atoms. The first-order valence-electron chi connectivity index (χ1n) is 9.65. The molecule has 2 aromatic rings. The highest BCUT2D eigenvalue weighted by Gasteiger charge is 2.05. The van der Waals surface area contributed by atoms with Crippen molar-refractivity contribution in [3.8, 4) is 0 Å². The lowest BCUT2D eigenvalue weighted by molar-refractivity contribution is 0.250. The standard InChI is InChI=1S/C22H31N5OS/c1-15(2)26-22(28)27-19-10-7-17(8-11-19)13-24-21(23-4)25-14-18-9-6-16(3)12-20(18)29-5/h6-12,15H,13-14H2,1-5H3,(H2,23,24,25)(H2,26,27,28). The monoisotopic (exact) mass is 413 g/mol. The van der Waals surface area contributed by atoms with Crippen LogP contribution in [0.15, 0.2) is 52.4 Å². The predicted octanol–water partition coefficient (Wildman–Crippen LogP) is 4.11. The van der Waals surface area contributed by atoms with Crippen LogP contribution in [0.25, 0.3) is 0 Å². The Labute approximate surface area is 178 Å². The van der Waals surface area contributed by atoms with Crippen LogP contribution in [-0.2, 0) is 13.1 Å². The van der Waals surface area contributed by atoms with Gasteiger partial charge in [-0.2, -0.15) is 0 Å². The third-order valence-corrected chi connectivity index (χ3v) is 5.02. The number of nitrogens with zero attached hydrogens (tertiary/aromatic N) is 1. The molecule has 156 valence electrons. The number of hydrogen-bond donors (Lipinski definition) is 4. The summed E-state index contributed by atoms with van der Waals surface area (Å²) in [6, 6.07) is 14.1. The number of aryl methyl sites for hydroxylation is 1. The molecule has 0 saturated carbocycles. The van der Waals surface area contributed by atoms with Gasteiger partial charge in [-0.05, 0) is 61.9 Å². The zero-order valence-electron chi connectivity index (χ0n) is 17.8. The van der Waals surface area contributed by atoms with E-state index in [0.717, 1.165) is 17.2 Å². The minimum atomic E-state index is -0.198. The highest BCUT2D eigenvalue weighted by Crippen LogP contribution is 2.21. The topological polar surface area (TPSA) is 77.5 Å². The Morgan fingerprint density at radius 2 is 1.76 bits per heavy atom. The molecule has 0 aliphatic heterocycles. The number of hydrogen-bond acceptors (Lipinski definition) is 3. The van der Waals surface area contributed by atoms with Crippen molar-refractivity contribution in [2.45, 2.75) is 44.8 Å². The maximum atomic E-state index is 11.8. The summed E-state index contributed by atoms with van der Waals surface area (Å²) in [5.41, 5.74) is 4.38. The fraction of sp³-hybridized carbons (Fsp3) is 0.364. The fourth-order valence-electron chi connectivity index (χ4n) is 2.72. The lowest BCUT2D eigenvalue weighted by atomic mass is 10.1. The van der Waals surface area contributed by atoms with Crippen LogP contribution < -0.4 is 21.3 Å². The Balaban J connectivity index is 1.85. The Morgan fingerprint density at radius 3 is 2.38 bits per heavy atom. The normalized spacial score (nSPS) is 11.3. The van der Waals surface area contributed by atoms with Gasteiger partial charge >= 0.3 is 6.03 Å². The molecule has 0 radical (unpaired) electrons. The summed E-state index contributed by atoms with van der Waals surface area (Å²) in [5.74, 6) is 0.746. The van der Waals surface area contributed by atoms with Crippen molar-refractivity contribution in [3.05, 3.63) is 59.2 Å². The van der Waals surface area contributed by atoms with Gasteiger partial charge in [-0.1, -0.05) is 24.3 Å². The molecule has 0 aliphatic carbocycles. The number of carbonyl (C=O) groups is 1. The maximum Gasteiger partial charge on any atom is 0.319 e. The van der Waals surface area contributed by atoms with Crippen molar-refractivity contribution >= 4 is 29.4 Å². The van der Waals surface area contributed by atoms with Crippen molar-refractivity contribution in [1.29, 1.82) is 0 Å². The van der Waals surface area contributed by atoms with Gasteiger partial charge in [0.05, 0.1) is 0 Å². The molecular weight excluding hydrogens is 382 g/mol. The quantitative estimate of drug-likeness (QED) is 0.313. The van der Waals surface area contributed by atoms with Gasteiger partial charge in [0, 0.05) is 36.8 Å². The summed E-state index contributed by atoms with van der Waals surface area (Å²) in [6.45, 7) is 7.31. The van der Waals surface area contributed by atoms with Gasteiger partial charge < -0.3 is 21.3 Å². The van der Waals surface area contributed by atoms with E-state index in [1.165, 1.54) is 16.0 Å². The Morgan fingerprint density at radius 1 is 1.07 bits per heavy atom. The molecule has 0 saturated heterocycles. The first kappa shape index (κ1) is 22.6. The van der Waals surface area contributed by atoms with E-state index in [2.05, 4.69) is 57.6 Å². The number of carbonyl (C=O) groups excluding carboxylic acids is 1. The molecule has 2 amide bonds. The second-order valence-corrected chi connectivity index (χ2v) is 7.89. The minimum absolute atomic E-state index is 0.102. The Bertz CT molecular complexity index is 834. The molecule has 29 heavy (non-hydrogen) atoms. The van der Waals surface area contributed by atoms with Crippen molar-refractivity contribution in [1.82, 2.24) is 16.0 Å². The van der Waals surface area contributed by atoms with Crippen LogP contribution in [0.3, 0.4) is 0 Å². The van der Waals surface area contributed by atoms with Crippen molar-refractivity contribution < 1.29 is 4.79 Å². The SMILES string of the molecule is CN=C(NCc1ccc(NC(=O)NC(C)C)cc1)NCc1ccc(C)cc1SC. The van der Waals surface area contributed by atoms with Gasteiger partial charge in [0.2, 0.25) is 0 Å². The van der Waals surface area contributed by atoms with Crippen molar-refractivity contribution in [2.75, 3.05) is 18.6 Å². The van der Waals surface area contributed by atoms with Gasteiger partial charge in [0.15, 0.2) is 5.96 Å². The van der Waals surface area contributed by atoms with E-state index in [-0.39, 0.29) is 12.1 Å². The number of guanidine groups is 1. The summed E-state index contributed by atoms with van der Waals surface area (Å²) in [4.78, 5) is 17.3. The molecule has 4 N–H and O–H groups in total. The molecule has 7 heteroatoms. The number of rotatable bonds is 7. The Hall–Kier alpha value is -2.67. The summed E-state index contributed by atoms with van der Waals surface area (Å²) in [6.07, 6.45) is 2.09. The van der Waals surface area contributed by atoms with Crippen LogP contribution in [0.1, 0.15) is 30.5 Å². The first-order chi connectivity index (χ1) is 13.9. The average Bonchev–Trinajstić information content (AvgIpc) is 2.69. The largest absolute Gasteiger partial charge is 0.352 e. The number of urea groups is 1. The fourth-order valence-corrected chi connectivity index (χ4v) is 3.42. The van der Waals surface area contributed by atoms with E-state index in [0.29, 0.717) is 13.1 Å². The number of benzene rings is 2. The third-order valence-electron chi connectivity index (χ3n) is 4.20. The van der Waals surface area contributed by atoms with Gasteiger partial charge in [-0.25, -0.2) is 4.79 Å². The first-order valence-corrected chi connectivity index (χ1v) is 10.9. The van der Waals surface area contributed by atoms with Crippen LogP contribution in [-0.4, -0.2) is 31.3 Å². The van der Waals surface area contributed by atoms with E-state index in [1.54, 1.807) is 18.8 Å². The van der Waals surface area contributed by atoms with Crippen LogP contribution in [0, 0.1) is 6.92 Å². The second-order valence-electron chi connectivity index (χ2n) is 7.04. The summed E-state index contributed by atoms with van der Waals surface area (Å²) < 4.78 is 0. The van der Waals surface area contributed by atoms with Crippen molar-refractivity contribution in [2.24, 2.45) is 4.99 Å². The number of nitrogens with one attached hydrogen (secondary N) is 4. The molecule has 0 aromatic heterocycles. The average molecular weight is 414 g/mol. The highest BCUT2D eigenvalue weighted by atomic mass is 32.2. The molecular formula is C22H31N5OS. The zero-order valence-corrected chi connectivity index (χ0v) is 18.6. The number of anilines is 1. The number of amides is 2. The molecule has 0 atom stereocenters. The second kappa shape index (κ2) is 11.4. The van der Waals surface area contributed by atoms with Crippen LogP contribution in [0.2, 0.25) is 0 Å². The predicted molar refractivity (Wildman–Crippen MR) is 124 cm³/mol. The minimum Gasteiger partial charge on any atom is -0.352 e. The van der Waals surface area contributed by atoms with Crippen molar-refractivity contribution in [3.63, 3.8) is 0 Å². The lowest BCUT2D eigenvalue weighted by Crippen LogP contribution is -2.36. The summed E-state index contributed by atoms with van der Waals surface area (Å²) in [5, 5.41) is 12.3. The third kappa shape index (κ3) is 7.69. The van der Waals surface area contributed by atoms with E-state index in [1.807, 2.05) is 38.1 Å². The molecule has 6 nitrogen and oxygen atoms in total. The van der Waals surface area contributed by atoms with E-state index in [9.17, 15) is 4.79 Å². The molecule has 0 spiro atoms. The van der Waals surface area contributed by atoms with Gasteiger partial charge in [0.1, 0.15) is 0 Å². The zero-order chi connectivity index (χ0) is 21.2. The van der Waals surface area contributed by atoms with Gasteiger partial charge in [0.25, 0.3) is 0 Å². The van der Waals surface area contributed by atoms with Crippen LogP contribution >= 0.6 is 11.8 Å².